The van der Waals surface area contributed by atoms with Gasteiger partial charge in [-0.05, 0) is 42.5 Å². The molecule has 3 heteroatoms. The summed E-state index contributed by atoms with van der Waals surface area (Å²) in [5.74, 6) is 0.735. The molecule has 0 saturated heterocycles. The summed E-state index contributed by atoms with van der Waals surface area (Å²) in [5, 5.41) is 9.35. The molecule has 0 saturated carbocycles. The van der Waals surface area contributed by atoms with E-state index in [1.807, 2.05) is 36.4 Å². The van der Waals surface area contributed by atoms with Crippen LogP contribution in [0.4, 0.5) is 0 Å². The third-order valence-corrected chi connectivity index (χ3v) is 3.64. The Morgan fingerprint density at radius 3 is 2.33 bits per heavy atom. The van der Waals surface area contributed by atoms with Gasteiger partial charge in [0.2, 0.25) is 0 Å². The minimum Gasteiger partial charge on any atom is -0.492 e. The molecule has 0 bridgehead atoms. The lowest BCUT2D eigenvalue weighted by Gasteiger charge is -2.09. The standard InChI is InChI=1S/C18H21ClO2/c19-17-14-16(15-8-4-3-5-9-15)10-11-18(17)21-13-7-2-1-6-12-20/h3-5,8-11,14,20H,1-2,6-7,12-13H2. The van der Waals surface area contributed by atoms with E-state index in [0.717, 1.165) is 42.6 Å². The highest BCUT2D eigenvalue weighted by molar-refractivity contribution is 6.32. The monoisotopic (exact) mass is 304 g/mol. The predicted molar refractivity (Wildman–Crippen MR) is 87.9 cm³/mol. The molecule has 0 aliphatic heterocycles. The normalized spacial score (nSPS) is 10.6. The van der Waals surface area contributed by atoms with Crippen LogP contribution in [0.15, 0.2) is 48.5 Å². The van der Waals surface area contributed by atoms with Crippen molar-refractivity contribution in [2.75, 3.05) is 13.2 Å². The lowest BCUT2D eigenvalue weighted by Crippen LogP contribution is -1.98. The van der Waals surface area contributed by atoms with E-state index >= 15 is 0 Å². The summed E-state index contributed by atoms with van der Waals surface area (Å²) in [6.07, 6.45) is 3.96. The Hall–Kier alpha value is -1.51. The lowest BCUT2D eigenvalue weighted by atomic mass is 10.1. The molecule has 1 N–H and O–H groups in total. The van der Waals surface area contributed by atoms with Gasteiger partial charge in [-0.1, -0.05) is 54.4 Å². The van der Waals surface area contributed by atoms with Crippen LogP contribution in [0.25, 0.3) is 11.1 Å². The summed E-state index contributed by atoms with van der Waals surface area (Å²) < 4.78 is 5.71. The summed E-state index contributed by atoms with van der Waals surface area (Å²) in [7, 11) is 0. The number of aliphatic hydroxyl groups is 1. The molecule has 2 aromatic rings. The highest BCUT2D eigenvalue weighted by Crippen LogP contribution is 2.30. The van der Waals surface area contributed by atoms with Crippen LogP contribution >= 0.6 is 11.6 Å². The van der Waals surface area contributed by atoms with Gasteiger partial charge in [-0.25, -0.2) is 0 Å². The summed E-state index contributed by atoms with van der Waals surface area (Å²) >= 11 is 6.28. The number of hydrogen-bond acceptors (Lipinski definition) is 2. The first kappa shape index (κ1) is 15.9. The Morgan fingerprint density at radius 1 is 0.857 bits per heavy atom. The van der Waals surface area contributed by atoms with Crippen molar-refractivity contribution in [1.82, 2.24) is 0 Å². The van der Waals surface area contributed by atoms with Crippen molar-refractivity contribution in [2.24, 2.45) is 0 Å². The van der Waals surface area contributed by atoms with Crippen molar-refractivity contribution < 1.29 is 9.84 Å². The van der Waals surface area contributed by atoms with Gasteiger partial charge in [0.25, 0.3) is 0 Å². The fourth-order valence-corrected chi connectivity index (χ4v) is 2.41. The summed E-state index contributed by atoms with van der Waals surface area (Å²) in [6, 6.07) is 16.1. The molecular weight excluding hydrogens is 284 g/mol. The second-order valence-corrected chi connectivity index (χ2v) is 5.40. The van der Waals surface area contributed by atoms with Crippen LogP contribution in [-0.4, -0.2) is 18.3 Å². The van der Waals surface area contributed by atoms with Gasteiger partial charge >= 0.3 is 0 Å². The third kappa shape index (κ3) is 5.07. The van der Waals surface area contributed by atoms with Crippen molar-refractivity contribution in [3.8, 4) is 16.9 Å². The number of ether oxygens (including phenoxy) is 1. The van der Waals surface area contributed by atoms with Crippen molar-refractivity contribution in [3.63, 3.8) is 0 Å². The van der Waals surface area contributed by atoms with Crippen molar-refractivity contribution >= 4 is 11.6 Å². The van der Waals surface area contributed by atoms with Crippen LogP contribution in [-0.2, 0) is 0 Å². The number of unbranched alkanes of at least 4 members (excludes halogenated alkanes) is 3. The topological polar surface area (TPSA) is 29.5 Å². The zero-order chi connectivity index (χ0) is 14.9. The summed E-state index contributed by atoms with van der Waals surface area (Å²) in [5.41, 5.74) is 2.24. The van der Waals surface area contributed by atoms with Gasteiger partial charge in [0.15, 0.2) is 0 Å². The number of aliphatic hydroxyl groups excluding tert-OH is 1. The number of hydrogen-bond donors (Lipinski definition) is 1. The van der Waals surface area contributed by atoms with E-state index in [-0.39, 0.29) is 6.61 Å². The highest BCUT2D eigenvalue weighted by atomic mass is 35.5. The maximum absolute atomic E-state index is 8.71. The van der Waals surface area contributed by atoms with Gasteiger partial charge < -0.3 is 9.84 Å². The molecule has 112 valence electrons. The Kier molecular flexibility index (Phi) is 6.58. The maximum Gasteiger partial charge on any atom is 0.137 e. The SMILES string of the molecule is OCCCCCCOc1ccc(-c2ccccc2)cc1Cl. The molecule has 0 amide bonds. The molecule has 0 radical (unpaired) electrons. The van der Waals surface area contributed by atoms with Gasteiger partial charge in [0.05, 0.1) is 11.6 Å². The molecule has 21 heavy (non-hydrogen) atoms. The molecular formula is C18H21ClO2. The average molecular weight is 305 g/mol. The fourth-order valence-electron chi connectivity index (χ4n) is 2.18. The molecule has 0 unspecified atom stereocenters. The van der Waals surface area contributed by atoms with Crippen LogP contribution in [0.3, 0.4) is 0 Å². The van der Waals surface area contributed by atoms with Gasteiger partial charge in [-0.15, -0.1) is 0 Å². The smallest absolute Gasteiger partial charge is 0.137 e. The van der Waals surface area contributed by atoms with Crippen LogP contribution in [0.5, 0.6) is 5.75 Å². The quantitative estimate of drug-likeness (QED) is 0.700. The van der Waals surface area contributed by atoms with E-state index in [2.05, 4.69) is 12.1 Å². The number of halogens is 1. The number of rotatable bonds is 8. The van der Waals surface area contributed by atoms with Crippen molar-refractivity contribution in [2.45, 2.75) is 25.7 Å². The molecule has 0 aromatic heterocycles. The molecule has 2 rings (SSSR count). The van der Waals surface area contributed by atoms with E-state index in [1.165, 1.54) is 0 Å². The average Bonchev–Trinajstić information content (AvgIpc) is 2.53. The molecule has 2 nitrogen and oxygen atoms in total. The van der Waals surface area contributed by atoms with E-state index in [0.29, 0.717) is 11.6 Å². The molecule has 0 aliphatic rings. The van der Waals surface area contributed by atoms with Crippen LogP contribution in [0, 0.1) is 0 Å². The lowest BCUT2D eigenvalue weighted by molar-refractivity contribution is 0.273. The molecule has 0 spiro atoms. The summed E-state index contributed by atoms with van der Waals surface area (Å²) in [4.78, 5) is 0. The van der Waals surface area contributed by atoms with Gasteiger partial charge in [-0.3, -0.25) is 0 Å². The van der Waals surface area contributed by atoms with Crippen LogP contribution in [0.1, 0.15) is 25.7 Å². The second kappa shape index (κ2) is 8.71. The largest absolute Gasteiger partial charge is 0.492 e. The second-order valence-electron chi connectivity index (χ2n) is 5.00. The van der Waals surface area contributed by atoms with Gasteiger partial charge in [-0.2, -0.15) is 0 Å². The molecule has 0 heterocycles. The minimum atomic E-state index is 0.271. The van der Waals surface area contributed by atoms with E-state index in [9.17, 15) is 0 Å². The van der Waals surface area contributed by atoms with Crippen molar-refractivity contribution in [1.29, 1.82) is 0 Å². The molecule has 0 atom stereocenters. The first-order valence-electron chi connectivity index (χ1n) is 7.40. The van der Waals surface area contributed by atoms with Crippen LogP contribution in [0.2, 0.25) is 5.02 Å². The molecule has 2 aromatic carbocycles. The fraction of sp³-hybridized carbons (Fsp3) is 0.333. The predicted octanol–water partition coefficient (Wildman–Crippen LogP) is 4.94. The van der Waals surface area contributed by atoms with Gasteiger partial charge in [0.1, 0.15) is 5.75 Å². The third-order valence-electron chi connectivity index (χ3n) is 3.35. The maximum atomic E-state index is 8.71. The first-order chi connectivity index (χ1) is 10.3. The van der Waals surface area contributed by atoms with E-state index < -0.39 is 0 Å². The minimum absolute atomic E-state index is 0.271. The zero-order valence-electron chi connectivity index (χ0n) is 12.1. The van der Waals surface area contributed by atoms with Crippen molar-refractivity contribution in [3.05, 3.63) is 53.6 Å². The highest BCUT2D eigenvalue weighted by Gasteiger charge is 2.04. The number of benzene rings is 2. The zero-order valence-corrected chi connectivity index (χ0v) is 12.9. The Morgan fingerprint density at radius 2 is 1.62 bits per heavy atom. The summed E-state index contributed by atoms with van der Waals surface area (Å²) in [6.45, 7) is 0.934. The van der Waals surface area contributed by atoms with Crippen LogP contribution < -0.4 is 4.74 Å². The van der Waals surface area contributed by atoms with E-state index in [1.54, 1.807) is 0 Å². The first-order valence-corrected chi connectivity index (χ1v) is 7.77. The molecule has 0 fully saturated rings. The Bertz CT molecular complexity index is 540. The molecule has 0 aliphatic carbocycles. The Labute approximate surface area is 131 Å². The van der Waals surface area contributed by atoms with E-state index in [4.69, 9.17) is 21.4 Å². The Balaban J connectivity index is 1.88. The van der Waals surface area contributed by atoms with Gasteiger partial charge in [0, 0.05) is 6.61 Å².